The summed E-state index contributed by atoms with van der Waals surface area (Å²) in [6, 6.07) is 13.7. The molecule has 2 aromatic carbocycles. The molecule has 0 atom stereocenters. The molecule has 138 valence electrons. The van der Waals surface area contributed by atoms with Gasteiger partial charge in [0.25, 0.3) is 0 Å². The second-order valence-corrected chi connectivity index (χ2v) is 8.34. The molecule has 0 fully saturated rings. The Morgan fingerprint density at radius 2 is 1.62 bits per heavy atom. The topological polar surface area (TPSA) is 66.5 Å². The molecule has 5 nitrogen and oxygen atoms in total. The van der Waals surface area contributed by atoms with Gasteiger partial charge >= 0.3 is 0 Å². The number of halogens is 1. The number of nitrogens with zero attached hydrogens (tertiary/aromatic N) is 1. The molecule has 0 unspecified atom stereocenters. The summed E-state index contributed by atoms with van der Waals surface area (Å²) in [6.45, 7) is 4.47. The third-order valence-electron chi connectivity index (χ3n) is 3.76. The number of hydrogen-bond acceptors (Lipinski definition) is 3. The first kappa shape index (κ1) is 20.4. The van der Waals surface area contributed by atoms with E-state index in [1.807, 2.05) is 26.0 Å². The van der Waals surface area contributed by atoms with Gasteiger partial charge in [0.15, 0.2) is 0 Å². The average molecular weight is 437 g/mol. The van der Waals surface area contributed by atoms with E-state index in [1.165, 1.54) is 10.4 Å². The summed E-state index contributed by atoms with van der Waals surface area (Å²) in [4.78, 5) is 12.2. The van der Waals surface area contributed by atoms with Crippen LogP contribution in [0.15, 0.2) is 64.0 Å². The minimum Gasteiger partial charge on any atom is -0.323 e. The van der Waals surface area contributed by atoms with Crippen molar-refractivity contribution < 1.29 is 13.2 Å². The molecule has 26 heavy (non-hydrogen) atoms. The maximum Gasteiger partial charge on any atom is 0.248 e. The Labute approximate surface area is 162 Å². The molecular weight excluding hydrogens is 416 g/mol. The summed E-state index contributed by atoms with van der Waals surface area (Å²) in [7, 11) is -3.47. The highest BCUT2D eigenvalue weighted by molar-refractivity contribution is 9.10. The minimum absolute atomic E-state index is 0.248. The van der Waals surface area contributed by atoms with Crippen molar-refractivity contribution in [2.45, 2.75) is 18.7 Å². The Bertz CT molecular complexity index is 872. The van der Waals surface area contributed by atoms with Crippen LogP contribution in [0.5, 0.6) is 0 Å². The molecule has 0 spiro atoms. The zero-order valence-corrected chi connectivity index (χ0v) is 17.0. The van der Waals surface area contributed by atoms with Crippen molar-refractivity contribution >= 4 is 43.6 Å². The molecule has 0 aromatic heterocycles. The molecule has 0 bridgehead atoms. The number of rotatable bonds is 7. The molecule has 0 aliphatic heterocycles. The van der Waals surface area contributed by atoms with Gasteiger partial charge in [0.2, 0.25) is 15.9 Å². The number of carbonyl (C=O) groups is 1. The van der Waals surface area contributed by atoms with Crippen LogP contribution in [-0.2, 0) is 14.8 Å². The van der Waals surface area contributed by atoms with E-state index in [2.05, 4.69) is 21.2 Å². The number of hydrogen-bond donors (Lipinski definition) is 1. The summed E-state index contributed by atoms with van der Waals surface area (Å²) in [5, 5.41) is 2.76. The highest BCUT2D eigenvalue weighted by Gasteiger charge is 2.20. The third-order valence-corrected chi connectivity index (χ3v) is 6.35. The Balaban J connectivity index is 2.05. The zero-order valence-electron chi connectivity index (χ0n) is 14.6. The molecule has 2 rings (SSSR count). The summed E-state index contributed by atoms with van der Waals surface area (Å²) < 4.78 is 27.2. The summed E-state index contributed by atoms with van der Waals surface area (Å²) in [5.41, 5.74) is 1.44. The SMILES string of the molecule is CCN(CC)S(=O)(=O)c1ccc(/C=C/C(=O)Nc2ccc(Br)cc2)cc1. The van der Waals surface area contributed by atoms with E-state index < -0.39 is 10.0 Å². The van der Waals surface area contributed by atoms with Crippen molar-refractivity contribution in [1.82, 2.24) is 4.31 Å². The fourth-order valence-corrected chi connectivity index (χ4v) is 4.07. The predicted molar refractivity (Wildman–Crippen MR) is 108 cm³/mol. The average Bonchev–Trinajstić information content (AvgIpc) is 2.63. The summed E-state index contributed by atoms with van der Waals surface area (Å²) >= 11 is 3.34. The van der Waals surface area contributed by atoms with Crippen molar-refractivity contribution in [3.05, 3.63) is 64.6 Å². The number of carbonyl (C=O) groups excluding carboxylic acids is 1. The molecule has 0 saturated heterocycles. The van der Waals surface area contributed by atoms with Gasteiger partial charge < -0.3 is 5.32 Å². The van der Waals surface area contributed by atoms with Gasteiger partial charge in [0.05, 0.1) is 4.90 Å². The van der Waals surface area contributed by atoms with Gasteiger partial charge in [-0.3, -0.25) is 4.79 Å². The van der Waals surface area contributed by atoms with Gasteiger partial charge in [0.1, 0.15) is 0 Å². The van der Waals surface area contributed by atoms with Gasteiger partial charge in [-0.1, -0.05) is 41.9 Å². The molecular formula is C19H21BrN2O3S. The van der Waals surface area contributed by atoms with Crippen LogP contribution >= 0.6 is 15.9 Å². The van der Waals surface area contributed by atoms with Crippen LogP contribution in [0, 0.1) is 0 Å². The van der Waals surface area contributed by atoms with Crippen molar-refractivity contribution in [3.63, 3.8) is 0 Å². The van der Waals surface area contributed by atoms with Crippen LogP contribution in [0.2, 0.25) is 0 Å². The number of nitrogens with one attached hydrogen (secondary N) is 1. The monoisotopic (exact) mass is 436 g/mol. The fourth-order valence-electron chi connectivity index (χ4n) is 2.35. The van der Waals surface area contributed by atoms with Crippen LogP contribution in [0.4, 0.5) is 5.69 Å². The second-order valence-electron chi connectivity index (χ2n) is 5.49. The Morgan fingerprint density at radius 3 is 2.15 bits per heavy atom. The summed E-state index contributed by atoms with van der Waals surface area (Å²) in [5.74, 6) is -0.257. The van der Waals surface area contributed by atoms with E-state index in [-0.39, 0.29) is 10.8 Å². The first-order valence-corrected chi connectivity index (χ1v) is 10.4. The molecule has 0 aliphatic carbocycles. The smallest absolute Gasteiger partial charge is 0.248 e. The second kappa shape index (κ2) is 9.12. The van der Waals surface area contributed by atoms with Crippen LogP contribution in [0.25, 0.3) is 6.08 Å². The zero-order chi connectivity index (χ0) is 19.2. The normalized spacial score (nSPS) is 11.8. The lowest BCUT2D eigenvalue weighted by molar-refractivity contribution is -0.111. The van der Waals surface area contributed by atoms with Crippen molar-refractivity contribution in [3.8, 4) is 0 Å². The van der Waals surface area contributed by atoms with Gasteiger partial charge in [0, 0.05) is 29.3 Å². The van der Waals surface area contributed by atoms with E-state index in [1.54, 1.807) is 42.5 Å². The van der Waals surface area contributed by atoms with E-state index in [0.29, 0.717) is 18.8 Å². The number of sulfonamides is 1. The number of amides is 1. The van der Waals surface area contributed by atoms with Crippen LogP contribution < -0.4 is 5.32 Å². The molecule has 1 amide bonds. The lowest BCUT2D eigenvalue weighted by atomic mass is 10.2. The van der Waals surface area contributed by atoms with E-state index in [4.69, 9.17) is 0 Å². The third kappa shape index (κ3) is 5.27. The molecule has 0 aliphatic rings. The standard InChI is InChI=1S/C19H21BrN2O3S/c1-3-22(4-2)26(24,25)18-12-5-15(6-13-18)7-14-19(23)21-17-10-8-16(20)9-11-17/h5-14H,3-4H2,1-2H3,(H,21,23)/b14-7+. The predicted octanol–water partition coefficient (Wildman–Crippen LogP) is 4.13. The maximum absolute atomic E-state index is 12.4. The molecule has 2 aromatic rings. The number of benzene rings is 2. The largest absolute Gasteiger partial charge is 0.323 e. The van der Waals surface area contributed by atoms with Gasteiger partial charge in [-0.05, 0) is 48.0 Å². The highest BCUT2D eigenvalue weighted by Crippen LogP contribution is 2.17. The molecule has 0 heterocycles. The first-order chi connectivity index (χ1) is 12.4. The van der Waals surface area contributed by atoms with Crippen molar-refractivity contribution in [2.24, 2.45) is 0 Å². The Kier molecular flexibility index (Phi) is 7.14. The molecule has 7 heteroatoms. The molecule has 0 saturated carbocycles. The number of anilines is 1. The van der Waals surface area contributed by atoms with Crippen molar-refractivity contribution in [1.29, 1.82) is 0 Å². The van der Waals surface area contributed by atoms with Crippen molar-refractivity contribution in [2.75, 3.05) is 18.4 Å². The molecule has 1 N–H and O–H groups in total. The van der Waals surface area contributed by atoms with Gasteiger partial charge in [-0.2, -0.15) is 4.31 Å². The highest BCUT2D eigenvalue weighted by atomic mass is 79.9. The van der Waals surface area contributed by atoms with E-state index in [9.17, 15) is 13.2 Å². The maximum atomic E-state index is 12.4. The van der Waals surface area contributed by atoms with Crippen LogP contribution in [0.3, 0.4) is 0 Å². The fraction of sp³-hybridized carbons (Fsp3) is 0.211. The van der Waals surface area contributed by atoms with Gasteiger partial charge in [-0.15, -0.1) is 0 Å². The quantitative estimate of drug-likeness (QED) is 0.663. The minimum atomic E-state index is -3.47. The van der Waals surface area contributed by atoms with Crippen LogP contribution in [-0.4, -0.2) is 31.7 Å². The van der Waals surface area contributed by atoms with E-state index >= 15 is 0 Å². The van der Waals surface area contributed by atoms with Crippen LogP contribution in [0.1, 0.15) is 19.4 Å². The lowest BCUT2D eigenvalue weighted by Crippen LogP contribution is -2.30. The Hall–Kier alpha value is -1.96. The van der Waals surface area contributed by atoms with Gasteiger partial charge in [-0.25, -0.2) is 8.42 Å². The molecule has 0 radical (unpaired) electrons. The summed E-state index contributed by atoms with van der Waals surface area (Å²) in [6.07, 6.45) is 3.05. The first-order valence-electron chi connectivity index (χ1n) is 8.21. The van der Waals surface area contributed by atoms with E-state index in [0.717, 1.165) is 10.0 Å². The Morgan fingerprint density at radius 1 is 1.04 bits per heavy atom. The lowest BCUT2D eigenvalue weighted by Gasteiger charge is -2.18.